The molecular weight excluding hydrogens is 328 g/mol. The summed E-state index contributed by atoms with van der Waals surface area (Å²) in [5.41, 5.74) is 1.75. The normalized spacial score (nSPS) is 20.7. The van der Waals surface area contributed by atoms with Gasteiger partial charge in [0.25, 0.3) is 5.91 Å². The Kier molecular flexibility index (Phi) is 6.27. The van der Waals surface area contributed by atoms with Crippen LogP contribution in [0.3, 0.4) is 0 Å². The summed E-state index contributed by atoms with van der Waals surface area (Å²) >= 11 is 0. The number of hydrogen-bond donors (Lipinski definition) is 1. The van der Waals surface area contributed by atoms with Gasteiger partial charge in [0.15, 0.2) is 0 Å². The zero-order valence-corrected chi connectivity index (χ0v) is 15.9. The van der Waals surface area contributed by atoms with E-state index in [-0.39, 0.29) is 11.8 Å². The first-order valence-electron chi connectivity index (χ1n) is 9.56. The predicted octanol–water partition coefficient (Wildman–Crippen LogP) is 1.17. The minimum atomic E-state index is 0.0571. The van der Waals surface area contributed by atoms with E-state index in [4.69, 9.17) is 0 Å². The van der Waals surface area contributed by atoms with Gasteiger partial charge >= 0.3 is 0 Å². The minimum absolute atomic E-state index is 0.0571. The van der Waals surface area contributed by atoms with E-state index in [1.165, 1.54) is 0 Å². The Labute approximate surface area is 156 Å². The number of rotatable bonds is 6. The molecule has 142 valence electrons. The zero-order valence-electron chi connectivity index (χ0n) is 15.9. The molecule has 0 radical (unpaired) electrons. The van der Waals surface area contributed by atoms with Crippen LogP contribution in [0.1, 0.15) is 35.2 Å². The van der Waals surface area contributed by atoms with Crippen LogP contribution in [-0.4, -0.2) is 79.4 Å². The van der Waals surface area contributed by atoms with Gasteiger partial charge in [0.05, 0.1) is 6.54 Å². The first kappa shape index (κ1) is 18.9. The van der Waals surface area contributed by atoms with E-state index in [1.807, 2.05) is 29.2 Å². The number of likely N-dealkylation sites (tertiary alicyclic amines) is 2. The van der Waals surface area contributed by atoms with Crippen LogP contribution in [0.4, 0.5) is 0 Å². The molecule has 6 nitrogen and oxygen atoms in total. The second-order valence-corrected chi connectivity index (χ2v) is 7.61. The van der Waals surface area contributed by atoms with Gasteiger partial charge in [0, 0.05) is 44.3 Å². The van der Waals surface area contributed by atoms with Gasteiger partial charge in [0.1, 0.15) is 0 Å². The van der Waals surface area contributed by atoms with Gasteiger partial charge in [-0.3, -0.25) is 14.5 Å². The third-order valence-corrected chi connectivity index (χ3v) is 5.43. The van der Waals surface area contributed by atoms with E-state index in [9.17, 15) is 9.59 Å². The monoisotopic (exact) mass is 358 g/mol. The van der Waals surface area contributed by atoms with Crippen LogP contribution in [0, 0.1) is 0 Å². The molecule has 3 rings (SSSR count). The number of amides is 2. The summed E-state index contributed by atoms with van der Waals surface area (Å²) in [6, 6.07) is 8.14. The van der Waals surface area contributed by atoms with E-state index in [2.05, 4.69) is 29.2 Å². The molecule has 2 fully saturated rings. The van der Waals surface area contributed by atoms with Gasteiger partial charge in [-0.05, 0) is 51.1 Å². The Hall–Kier alpha value is -1.92. The lowest BCUT2D eigenvalue weighted by molar-refractivity contribution is -0.122. The van der Waals surface area contributed by atoms with Gasteiger partial charge in [-0.2, -0.15) is 0 Å². The van der Waals surface area contributed by atoms with Crippen LogP contribution in [-0.2, 0) is 11.3 Å². The molecule has 0 aliphatic carbocycles. The van der Waals surface area contributed by atoms with E-state index < -0.39 is 0 Å². The lowest BCUT2D eigenvalue weighted by Gasteiger charge is -2.20. The van der Waals surface area contributed by atoms with Crippen molar-refractivity contribution in [3.05, 3.63) is 35.4 Å². The fraction of sp³-hybridized carbons (Fsp3) is 0.600. The molecule has 1 N–H and O–H groups in total. The second-order valence-electron chi connectivity index (χ2n) is 7.61. The fourth-order valence-corrected chi connectivity index (χ4v) is 3.70. The van der Waals surface area contributed by atoms with Crippen molar-refractivity contribution < 1.29 is 9.59 Å². The van der Waals surface area contributed by atoms with Crippen molar-refractivity contribution in [3.8, 4) is 0 Å². The number of nitrogens with one attached hydrogen (secondary N) is 1. The standard InChI is InChI=1S/C20H30N4O2/c1-22(2)18-9-12-23(14-18)15-19(25)21-13-16-5-7-17(8-6-16)20(26)24-10-3-4-11-24/h5-8,18H,3-4,9-15H2,1-2H3,(H,21,25)/t18-/m0/s1. The summed E-state index contributed by atoms with van der Waals surface area (Å²) in [7, 11) is 4.18. The summed E-state index contributed by atoms with van der Waals surface area (Å²) in [4.78, 5) is 30.9. The van der Waals surface area contributed by atoms with Gasteiger partial charge in [-0.15, -0.1) is 0 Å². The van der Waals surface area contributed by atoms with E-state index in [1.54, 1.807) is 0 Å². The third-order valence-electron chi connectivity index (χ3n) is 5.43. The van der Waals surface area contributed by atoms with E-state index in [0.717, 1.165) is 56.6 Å². The molecule has 1 atom stereocenters. The minimum Gasteiger partial charge on any atom is -0.351 e. The topological polar surface area (TPSA) is 55.9 Å². The maximum atomic E-state index is 12.3. The van der Waals surface area contributed by atoms with Crippen molar-refractivity contribution >= 4 is 11.8 Å². The molecule has 1 aromatic rings. The highest BCUT2D eigenvalue weighted by atomic mass is 16.2. The molecule has 0 saturated carbocycles. The highest BCUT2D eigenvalue weighted by Crippen LogP contribution is 2.14. The Morgan fingerprint density at radius 3 is 2.42 bits per heavy atom. The molecule has 0 bridgehead atoms. The highest BCUT2D eigenvalue weighted by Gasteiger charge is 2.25. The molecule has 2 saturated heterocycles. The molecule has 0 unspecified atom stereocenters. The van der Waals surface area contributed by atoms with Crippen LogP contribution < -0.4 is 5.32 Å². The molecular formula is C20H30N4O2. The molecule has 0 spiro atoms. The SMILES string of the molecule is CN(C)[C@H]1CCN(CC(=O)NCc2ccc(C(=O)N3CCCC3)cc2)C1. The Morgan fingerprint density at radius 1 is 1.12 bits per heavy atom. The maximum Gasteiger partial charge on any atom is 0.253 e. The molecule has 26 heavy (non-hydrogen) atoms. The number of benzene rings is 1. The lowest BCUT2D eigenvalue weighted by atomic mass is 10.1. The summed E-state index contributed by atoms with van der Waals surface area (Å²) in [5.74, 6) is 0.171. The van der Waals surface area contributed by atoms with Gasteiger partial charge in [0.2, 0.25) is 5.91 Å². The van der Waals surface area contributed by atoms with Crippen molar-refractivity contribution in [3.63, 3.8) is 0 Å². The van der Waals surface area contributed by atoms with Crippen molar-refractivity contribution in [2.45, 2.75) is 31.8 Å². The Balaban J connectivity index is 1.43. The lowest BCUT2D eigenvalue weighted by Crippen LogP contribution is -2.38. The quantitative estimate of drug-likeness (QED) is 0.830. The molecule has 2 aliphatic rings. The first-order valence-corrected chi connectivity index (χ1v) is 9.56. The van der Waals surface area contributed by atoms with Crippen molar-refractivity contribution in [2.75, 3.05) is 46.8 Å². The fourth-order valence-electron chi connectivity index (χ4n) is 3.70. The number of likely N-dealkylation sites (N-methyl/N-ethyl adjacent to an activating group) is 1. The molecule has 6 heteroatoms. The van der Waals surface area contributed by atoms with Crippen LogP contribution in [0.5, 0.6) is 0 Å². The maximum absolute atomic E-state index is 12.3. The summed E-state index contributed by atoms with van der Waals surface area (Å²) in [5, 5.41) is 2.98. The van der Waals surface area contributed by atoms with Gasteiger partial charge < -0.3 is 15.1 Å². The second kappa shape index (κ2) is 8.64. The van der Waals surface area contributed by atoms with E-state index >= 15 is 0 Å². The van der Waals surface area contributed by atoms with Crippen LogP contribution in [0.2, 0.25) is 0 Å². The van der Waals surface area contributed by atoms with Crippen LogP contribution >= 0.6 is 0 Å². The molecule has 2 aliphatic heterocycles. The number of carbonyl (C=O) groups is 2. The molecule has 1 aromatic carbocycles. The third kappa shape index (κ3) is 4.83. The largest absolute Gasteiger partial charge is 0.351 e. The summed E-state index contributed by atoms with van der Waals surface area (Å²) in [6.07, 6.45) is 3.32. The molecule has 2 heterocycles. The smallest absolute Gasteiger partial charge is 0.253 e. The van der Waals surface area contributed by atoms with Gasteiger partial charge in [-0.1, -0.05) is 12.1 Å². The number of hydrogen-bond acceptors (Lipinski definition) is 4. The first-order chi connectivity index (χ1) is 12.5. The average molecular weight is 358 g/mol. The van der Waals surface area contributed by atoms with E-state index in [0.29, 0.717) is 19.1 Å². The van der Waals surface area contributed by atoms with Gasteiger partial charge in [-0.25, -0.2) is 0 Å². The molecule has 2 amide bonds. The predicted molar refractivity (Wildman–Crippen MR) is 102 cm³/mol. The highest BCUT2D eigenvalue weighted by molar-refractivity contribution is 5.94. The van der Waals surface area contributed by atoms with Crippen molar-refractivity contribution in [2.24, 2.45) is 0 Å². The zero-order chi connectivity index (χ0) is 18.5. The van der Waals surface area contributed by atoms with Crippen molar-refractivity contribution in [1.29, 1.82) is 0 Å². The Morgan fingerprint density at radius 2 is 1.81 bits per heavy atom. The number of nitrogens with zero attached hydrogens (tertiary/aromatic N) is 3. The van der Waals surface area contributed by atoms with Crippen LogP contribution in [0.15, 0.2) is 24.3 Å². The summed E-state index contributed by atoms with van der Waals surface area (Å²) < 4.78 is 0. The summed E-state index contributed by atoms with van der Waals surface area (Å²) in [6.45, 7) is 4.61. The Bertz CT molecular complexity index is 623. The van der Waals surface area contributed by atoms with Crippen LogP contribution in [0.25, 0.3) is 0 Å². The average Bonchev–Trinajstić information content (AvgIpc) is 3.32. The van der Waals surface area contributed by atoms with Crippen molar-refractivity contribution in [1.82, 2.24) is 20.0 Å². The number of carbonyl (C=O) groups excluding carboxylic acids is 2. The molecule has 0 aromatic heterocycles.